The van der Waals surface area contributed by atoms with E-state index in [0.717, 1.165) is 23.3 Å². The molecular weight excluding hydrogens is 276 g/mol. The Morgan fingerprint density at radius 1 is 0.950 bits per heavy atom. The minimum absolute atomic E-state index is 0.240. The SMILES string of the molecule is Cc1ccc(C#Cc2cc(F)c(N=C=S)c(F)c2)cc1. The zero-order valence-electron chi connectivity index (χ0n) is 10.6. The number of thiocarbonyl (C=S) groups is 1. The summed E-state index contributed by atoms with van der Waals surface area (Å²) >= 11 is 4.33. The zero-order chi connectivity index (χ0) is 14.5. The maximum atomic E-state index is 13.6. The predicted molar refractivity (Wildman–Crippen MR) is 78.2 cm³/mol. The molecule has 98 valence electrons. The van der Waals surface area contributed by atoms with Crippen LogP contribution in [0.5, 0.6) is 0 Å². The normalized spacial score (nSPS) is 9.35. The Hall–Kier alpha value is -2.34. The molecule has 0 N–H and O–H groups in total. The van der Waals surface area contributed by atoms with Crippen LogP contribution in [0.2, 0.25) is 0 Å². The van der Waals surface area contributed by atoms with Crippen LogP contribution in [-0.4, -0.2) is 5.16 Å². The van der Waals surface area contributed by atoms with Crippen LogP contribution in [0.4, 0.5) is 14.5 Å². The molecule has 4 heteroatoms. The highest BCUT2D eigenvalue weighted by Crippen LogP contribution is 2.22. The maximum Gasteiger partial charge on any atom is 0.153 e. The fourth-order valence-corrected chi connectivity index (χ4v) is 1.66. The van der Waals surface area contributed by atoms with Crippen molar-refractivity contribution in [3.63, 3.8) is 0 Å². The predicted octanol–water partition coefficient (Wildman–Crippen LogP) is 4.41. The summed E-state index contributed by atoms with van der Waals surface area (Å²) in [5, 5.41) is 1.94. The van der Waals surface area contributed by atoms with Crippen LogP contribution in [0.15, 0.2) is 41.4 Å². The summed E-state index contributed by atoms with van der Waals surface area (Å²) in [6.07, 6.45) is 0. The van der Waals surface area contributed by atoms with Crippen molar-refractivity contribution < 1.29 is 8.78 Å². The van der Waals surface area contributed by atoms with E-state index >= 15 is 0 Å². The first-order chi connectivity index (χ1) is 9.60. The molecule has 1 nitrogen and oxygen atoms in total. The first-order valence-corrected chi connectivity index (χ1v) is 6.16. The molecule has 0 fully saturated rings. The molecule has 0 aliphatic carbocycles. The lowest BCUT2D eigenvalue weighted by atomic mass is 10.1. The summed E-state index contributed by atoms with van der Waals surface area (Å²) < 4.78 is 27.2. The van der Waals surface area contributed by atoms with E-state index in [1.165, 1.54) is 0 Å². The first kappa shape index (κ1) is 14.1. The fourth-order valence-electron chi connectivity index (χ4n) is 1.57. The van der Waals surface area contributed by atoms with Crippen molar-refractivity contribution in [1.82, 2.24) is 0 Å². The lowest BCUT2D eigenvalue weighted by Gasteiger charge is -1.98. The molecule has 0 amide bonds. The van der Waals surface area contributed by atoms with E-state index in [1.54, 1.807) is 0 Å². The van der Waals surface area contributed by atoms with Gasteiger partial charge in [0.2, 0.25) is 0 Å². The standard InChI is InChI=1S/C16H9F2NS/c1-11-2-4-12(5-3-11)6-7-13-8-14(17)16(19-10-20)15(18)9-13/h2-5,8-9H,1H3. The van der Waals surface area contributed by atoms with Crippen LogP contribution < -0.4 is 0 Å². The number of hydrogen-bond acceptors (Lipinski definition) is 2. The van der Waals surface area contributed by atoms with Crippen LogP contribution in [0.3, 0.4) is 0 Å². The molecule has 20 heavy (non-hydrogen) atoms. The van der Waals surface area contributed by atoms with Crippen LogP contribution >= 0.6 is 12.2 Å². The highest BCUT2D eigenvalue weighted by Gasteiger charge is 2.09. The quantitative estimate of drug-likeness (QED) is 0.429. The van der Waals surface area contributed by atoms with Gasteiger partial charge in [0, 0.05) is 11.1 Å². The van der Waals surface area contributed by atoms with Gasteiger partial charge in [-0.3, -0.25) is 0 Å². The Balaban J connectivity index is 2.36. The minimum Gasteiger partial charge on any atom is -0.204 e. The Morgan fingerprint density at radius 2 is 1.50 bits per heavy atom. The monoisotopic (exact) mass is 285 g/mol. The second-order valence-electron chi connectivity index (χ2n) is 4.11. The van der Waals surface area contributed by atoms with Crippen LogP contribution in [0.25, 0.3) is 0 Å². The molecule has 0 saturated heterocycles. The molecule has 0 heterocycles. The molecule has 2 rings (SSSR count). The number of isothiocyanates is 1. The van der Waals surface area contributed by atoms with E-state index in [1.807, 2.05) is 36.4 Å². The van der Waals surface area contributed by atoms with Gasteiger partial charge in [-0.2, -0.15) is 4.99 Å². The Bertz CT molecular complexity index is 725. The first-order valence-electron chi connectivity index (χ1n) is 5.76. The summed E-state index contributed by atoms with van der Waals surface area (Å²) in [7, 11) is 0. The molecule has 2 aromatic rings. The van der Waals surface area contributed by atoms with Gasteiger partial charge in [-0.15, -0.1) is 0 Å². The second kappa shape index (κ2) is 6.21. The largest absolute Gasteiger partial charge is 0.204 e. The van der Waals surface area contributed by atoms with Crippen LogP contribution in [0.1, 0.15) is 16.7 Å². The molecular formula is C16H9F2NS. The highest BCUT2D eigenvalue weighted by atomic mass is 32.1. The molecule has 0 aliphatic rings. The molecule has 0 radical (unpaired) electrons. The highest BCUT2D eigenvalue weighted by molar-refractivity contribution is 7.78. The minimum atomic E-state index is -0.810. The number of halogens is 2. The number of aliphatic imine (C=N–C) groups is 1. The number of hydrogen-bond donors (Lipinski definition) is 0. The van der Waals surface area contributed by atoms with Crippen molar-refractivity contribution >= 4 is 23.1 Å². The fraction of sp³-hybridized carbons (Fsp3) is 0.0625. The second-order valence-corrected chi connectivity index (χ2v) is 4.29. The van der Waals surface area contributed by atoms with Crippen molar-refractivity contribution in [2.24, 2.45) is 4.99 Å². The lowest BCUT2D eigenvalue weighted by molar-refractivity contribution is 0.587. The third-order valence-electron chi connectivity index (χ3n) is 2.58. The average molecular weight is 285 g/mol. The third-order valence-corrected chi connectivity index (χ3v) is 2.67. The summed E-state index contributed by atoms with van der Waals surface area (Å²) in [6.45, 7) is 1.97. The van der Waals surface area contributed by atoms with Crippen molar-refractivity contribution in [2.45, 2.75) is 6.92 Å². The summed E-state index contributed by atoms with van der Waals surface area (Å²) in [5.74, 6) is 3.94. The molecule has 0 spiro atoms. The summed E-state index contributed by atoms with van der Waals surface area (Å²) in [5.41, 5.74) is 1.69. The van der Waals surface area contributed by atoms with E-state index in [-0.39, 0.29) is 5.56 Å². The van der Waals surface area contributed by atoms with Crippen molar-refractivity contribution in [2.75, 3.05) is 0 Å². The van der Waals surface area contributed by atoms with Crippen LogP contribution in [0, 0.1) is 30.4 Å². The number of benzene rings is 2. The maximum absolute atomic E-state index is 13.6. The van der Waals surface area contributed by atoms with E-state index in [0.29, 0.717) is 0 Å². The van der Waals surface area contributed by atoms with Gasteiger partial charge < -0.3 is 0 Å². The van der Waals surface area contributed by atoms with Crippen molar-refractivity contribution in [3.8, 4) is 11.8 Å². The summed E-state index contributed by atoms with van der Waals surface area (Å²) in [4.78, 5) is 3.34. The molecule has 0 saturated carbocycles. The van der Waals surface area contributed by atoms with Gasteiger partial charge in [-0.05, 0) is 43.4 Å². The van der Waals surface area contributed by atoms with Crippen LogP contribution in [-0.2, 0) is 0 Å². The Morgan fingerprint density at radius 3 is 2.05 bits per heavy atom. The van der Waals surface area contributed by atoms with Crippen molar-refractivity contribution in [1.29, 1.82) is 0 Å². The smallest absolute Gasteiger partial charge is 0.153 e. The van der Waals surface area contributed by atoms with Gasteiger partial charge in [-0.25, -0.2) is 8.78 Å². The van der Waals surface area contributed by atoms with Gasteiger partial charge in [0.15, 0.2) is 11.6 Å². The third kappa shape index (κ3) is 3.36. The van der Waals surface area contributed by atoms with Gasteiger partial charge in [0.25, 0.3) is 0 Å². The van der Waals surface area contributed by atoms with Gasteiger partial charge in [0.05, 0.1) is 5.16 Å². The molecule has 0 aromatic heterocycles. The van der Waals surface area contributed by atoms with Gasteiger partial charge in [-0.1, -0.05) is 29.5 Å². The van der Waals surface area contributed by atoms with Gasteiger partial charge in [0.1, 0.15) is 5.69 Å². The van der Waals surface area contributed by atoms with E-state index < -0.39 is 17.3 Å². The Labute approximate surface area is 121 Å². The molecule has 0 bridgehead atoms. The summed E-state index contributed by atoms with van der Waals surface area (Å²) in [6, 6.07) is 9.77. The number of rotatable bonds is 1. The topological polar surface area (TPSA) is 12.4 Å². The zero-order valence-corrected chi connectivity index (χ0v) is 11.4. The molecule has 2 aromatic carbocycles. The molecule has 0 unspecified atom stereocenters. The Kier molecular flexibility index (Phi) is 4.37. The van der Waals surface area contributed by atoms with Gasteiger partial charge >= 0.3 is 0 Å². The van der Waals surface area contributed by atoms with Crippen molar-refractivity contribution in [3.05, 3.63) is 64.7 Å². The average Bonchev–Trinajstić information content (AvgIpc) is 2.42. The van der Waals surface area contributed by atoms with E-state index in [4.69, 9.17) is 0 Å². The lowest BCUT2D eigenvalue weighted by Crippen LogP contribution is -1.86. The molecule has 0 atom stereocenters. The number of aryl methyl sites for hydroxylation is 1. The number of nitrogens with zero attached hydrogens (tertiary/aromatic N) is 1. The molecule has 0 aliphatic heterocycles. The van der Waals surface area contributed by atoms with E-state index in [9.17, 15) is 8.78 Å². The van der Waals surface area contributed by atoms with E-state index in [2.05, 4.69) is 29.1 Å².